The lowest BCUT2D eigenvalue weighted by Crippen LogP contribution is -2.18. The van der Waals surface area contributed by atoms with E-state index in [0.717, 1.165) is 23.2 Å². The minimum Gasteiger partial charge on any atom is -0.507 e. The minimum absolute atomic E-state index is 0.413. The maximum atomic E-state index is 9.86. The summed E-state index contributed by atoms with van der Waals surface area (Å²) in [6, 6.07) is 4.53. The van der Waals surface area contributed by atoms with Gasteiger partial charge in [-0.3, -0.25) is 0 Å². The summed E-state index contributed by atoms with van der Waals surface area (Å²) >= 11 is 0. The van der Waals surface area contributed by atoms with Crippen molar-refractivity contribution in [2.75, 3.05) is 5.32 Å². The third-order valence-electron chi connectivity index (χ3n) is 3.12. The minimum atomic E-state index is 0.413. The van der Waals surface area contributed by atoms with Crippen LogP contribution in [-0.4, -0.2) is 11.1 Å². The predicted octanol–water partition coefficient (Wildman–Crippen LogP) is 4.00. The van der Waals surface area contributed by atoms with Gasteiger partial charge < -0.3 is 10.4 Å². The van der Waals surface area contributed by atoms with Crippen LogP contribution in [0.3, 0.4) is 0 Å². The van der Waals surface area contributed by atoms with Gasteiger partial charge in [-0.2, -0.15) is 0 Å². The molecule has 1 atom stereocenters. The van der Waals surface area contributed by atoms with Gasteiger partial charge in [0.1, 0.15) is 5.75 Å². The maximum Gasteiger partial charge on any atom is 0.123 e. The summed E-state index contributed by atoms with van der Waals surface area (Å²) in [5.74, 6) is 0.413. The molecule has 0 aliphatic carbocycles. The van der Waals surface area contributed by atoms with Crippen molar-refractivity contribution in [2.45, 2.75) is 53.0 Å². The van der Waals surface area contributed by atoms with Crippen LogP contribution in [0.15, 0.2) is 12.1 Å². The molecular formula is C14H23NO. The van der Waals surface area contributed by atoms with Crippen molar-refractivity contribution in [3.05, 3.63) is 23.3 Å². The number of hydrogen-bond donors (Lipinski definition) is 2. The molecule has 0 bridgehead atoms. The number of rotatable bonds is 5. The lowest BCUT2D eigenvalue weighted by molar-refractivity contribution is 0.467. The Kier molecular flexibility index (Phi) is 4.66. The number of hydrogen-bond acceptors (Lipinski definition) is 2. The summed E-state index contributed by atoms with van der Waals surface area (Å²) in [5, 5.41) is 13.4. The summed E-state index contributed by atoms with van der Waals surface area (Å²) < 4.78 is 0. The molecule has 0 aliphatic rings. The second-order valence-corrected chi connectivity index (χ2v) is 4.44. The van der Waals surface area contributed by atoms with E-state index < -0.39 is 0 Å². The van der Waals surface area contributed by atoms with E-state index in [1.165, 1.54) is 12.8 Å². The zero-order valence-corrected chi connectivity index (χ0v) is 10.8. The second kappa shape index (κ2) is 5.78. The molecule has 0 aliphatic heterocycles. The van der Waals surface area contributed by atoms with Gasteiger partial charge in [0, 0.05) is 17.3 Å². The zero-order valence-electron chi connectivity index (χ0n) is 10.8. The van der Waals surface area contributed by atoms with E-state index in [4.69, 9.17) is 0 Å². The number of anilines is 1. The molecule has 0 saturated carbocycles. The lowest BCUT2D eigenvalue weighted by Gasteiger charge is -2.20. The van der Waals surface area contributed by atoms with Gasteiger partial charge in [-0.1, -0.05) is 26.3 Å². The van der Waals surface area contributed by atoms with E-state index in [-0.39, 0.29) is 0 Å². The van der Waals surface area contributed by atoms with Gasteiger partial charge in [0.2, 0.25) is 0 Å². The molecule has 0 fully saturated rings. The first-order valence-corrected chi connectivity index (χ1v) is 6.15. The van der Waals surface area contributed by atoms with Crippen LogP contribution < -0.4 is 5.32 Å². The molecule has 1 unspecified atom stereocenters. The summed E-state index contributed by atoms with van der Waals surface area (Å²) in [6.07, 6.45) is 3.47. The Hall–Kier alpha value is -1.18. The summed E-state index contributed by atoms with van der Waals surface area (Å²) in [6.45, 7) is 8.28. The topological polar surface area (TPSA) is 32.3 Å². The van der Waals surface area contributed by atoms with Crippen LogP contribution in [0.25, 0.3) is 0 Å². The fraction of sp³-hybridized carbons (Fsp3) is 0.571. The Morgan fingerprint density at radius 2 is 1.94 bits per heavy atom. The standard InChI is InChI=1S/C14H23NO/c1-5-7-12(6-2)15-13-9-8-10(3)14(16)11(13)4/h8-9,12,15-16H,5-7H2,1-4H3. The predicted molar refractivity (Wildman–Crippen MR) is 70.2 cm³/mol. The first-order chi connectivity index (χ1) is 7.60. The van der Waals surface area contributed by atoms with Gasteiger partial charge in [-0.05, 0) is 38.3 Å². The molecule has 0 amide bonds. The highest BCUT2D eigenvalue weighted by molar-refractivity contribution is 5.59. The molecule has 0 aromatic heterocycles. The third-order valence-corrected chi connectivity index (χ3v) is 3.12. The normalized spacial score (nSPS) is 12.5. The van der Waals surface area contributed by atoms with Gasteiger partial charge in [0.05, 0.1) is 0 Å². The van der Waals surface area contributed by atoms with Crippen molar-refractivity contribution in [3.63, 3.8) is 0 Å². The van der Waals surface area contributed by atoms with Gasteiger partial charge in [0.25, 0.3) is 0 Å². The van der Waals surface area contributed by atoms with Gasteiger partial charge in [-0.15, -0.1) is 0 Å². The van der Waals surface area contributed by atoms with Crippen molar-refractivity contribution >= 4 is 5.69 Å². The first kappa shape index (κ1) is 12.9. The highest BCUT2D eigenvalue weighted by atomic mass is 16.3. The van der Waals surface area contributed by atoms with Crippen LogP contribution in [0, 0.1) is 13.8 Å². The van der Waals surface area contributed by atoms with E-state index in [1.807, 2.05) is 19.9 Å². The van der Waals surface area contributed by atoms with E-state index in [9.17, 15) is 5.11 Å². The number of aromatic hydroxyl groups is 1. The summed E-state index contributed by atoms with van der Waals surface area (Å²) in [5.41, 5.74) is 2.95. The van der Waals surface area contributed by atoms with Crippen molar-refractivity contribution in [1.82, 2.24) is 0 Å². The molecule has 16 heavy (non-hydrogen) atoms. The monoisotopic (exact) mass is 221 g/mol. The second-order valence-electron chi connectivity index (χ2n) is 4.44. The SMILES string of the molecule is CCCC(CC)Nc1ccc(C)c(O)c1C. The number of aryl methyl sites for hydroxylation is 1. The molecule has 2 N–H and O–H groups in total. The van der Waals surface area contributed by atoms with E-state index in [1.54, 1.807) is 0 Å². The lowest BCUT2D eigenvalue weighted by atomic mass is 10.1. The highest BCUT2D eigenvalue weighted by Gasteiger charge is 2.09. The number of phenolic OH excluding ortho intramolecular Hbond substituents is 1. The Balaban J connectivity index is 2.84. The van der Waals surface area contributed by atoms with Crippen molar-refractivity contribution < 1.29 is 5.11 Å². The van der Waals surface area contributed by atoms with Crippen LogP contribution in [0.1, 0.15) is 44.2 Å². The first-order valence-electron chi connectivity index (χ1n) is 6.15. The molecule has 0 spiro atoms. The largest absolute Gasteiger partial charge is 0.507 e. The Morgan fingerprint density at radius 3 is 2.50 bits per heavy atom. The fourth-order valence-electron chi connectivity index (χ4n) is 1.94. The Morgan fingerprint density at radius 1 is 1.25 bits per heavy atom. The average Bonchev–Trinajstić information content (AvgIpc) is 2.29. The molecule has 0 heterocycles. The number of nitrogens with one attached hydrogen (secondary N) is 1. The van der Waals surface area contributed by atoms with E-state index in [0.29, 0.717) is 11.8 Å². The molecule has 0 radical (unpaired) electrons. The number of phenols is 1. The average molecular weight is 221 g/mol. The fourth-order valence-corrected chi connectivity index (χ4v) is 1.94. The molecule has 0 saturated heterocycles. The number of benzene rings is 1. The van der Waals surface area contributed by atoms with Crippen LogP contribution >= 0.6 is 0 Å². The summed E-state index contributed by atoms with van der Waals surface area (Å²) in [4.78, 5) is 0. The van der Waals surface area contributed by atoms with Crippen LogP contribution in [0.4, 0.5) is 5.69 Å². The smallest absolute Gasteiger partial charge is 0.123 e. The van der Waals surface area contributed by atoms with Gasteiger partial charge in [-0.25, -0.2) is 0 Å². The Labute approximate surface area is 98.7 Å². The van der Waals surface area contributed by atoms with Crippen LogP contribution in [0.2, 0.25) is 0 Å². The molecule has 2 heteroatoms. The quantitative estimate of drug-likeness (QED) is 0.787. The van der Waals surface area contributed by atoms with E-state index >= 15 is 0 Å². The summed E-state index contributed by atoms with van der Waals surface area (Å²) in [7, 11) is 0. The Bertz CT molecular complexity index is 347. The van der Waals surface area contributed by atoms with Crippen LogP contribution in [0.5, 0.6) is 5.75 Å². The molecular weight excluding hydrogens is 198 g/mol. The molecule has 2 nitrogen and oxygen atoms in total. The highest BCUT2D eigenvalue weighted by Crippen LogP contribution is 2.29. The third kappa shape index (κ3) is 2.91. The van der Waals surface area contributed by atoms with Gasteiger partial charge >= 0.3 is 0 Å². The van der Waals surface area contributed by atoms with Crippen molar-refractivity contribution in [1.29, 1.82) is 0 Å². The van der Waals surface area contributed by atoms with Gasteiger partial charge in [0.15, 0.2) is 0 Å². The molecule has 90 valence electrons. The van der Waals surface area contributed by atoms with Crippen molar-refractivity contribution in [2.24, 2.45) is 0 Å². The molecule has 1 rings (SSSR count). The van der Waals surface area contributed by atoms with E-state index in [2.05, 4.69) is 25.2 Å². The molecule has 1 aromatic rings. The maximum absolute atomic E-state index is 9.86. The zero-order chi connectivity index (χ0) is 12.1. The van der Waals surface area contributed by atoms with Crippen molar-refractivity contribution in [3.8, 4) is 5.75 Å². The van der Waals surface area contributed by atoms with Crippen LogP contribution in [-0.2, 0) is 0 Å². The molecule has 1 aromatic carbocycles.